The van der Waals surface area contributed by atoms with Crippen molar-refractivity contribution in [2.24, 2.45) is 0 Å². The van der Waals surface area contributed by atoms with E-state index in [0.717, 1.165) is 5.56 Å². The Morgan fingerprint density at radius 3 is 2.04 bits per heavy atom. The van der Waals surface area contributed by atoms with Gasteiger partial charge in [-0.3, -0.25) is 4.18 Å². The van der Waals surface area contributed by atoms with Crippen molar-refractivity contribution >= 4 is 10.1 Å². The molecule has 2 aromatic carbocycles. The van der Waals surface area contributed by atoms with E-state index in [4.69, 9.17) is 8.92 Å². The van der Waals surface area contributed by atoms with E-state index in [2.05, 4.69) is 4.74 Å². The molecule has 26 heavy (non-hydrogen) atoms. The first-order valence-corrected chi connectivity index (χ1v) is 8.96. The van der Waals surface area contributed by atoms with Crippen LogP contribution >= 0.6 is 0 Å². The van der Waals surface area contributed by atoms with Crippen molar-refractivity contribution < 1.29 is 35.2 Å². The van der Waals surface area contributed by atoms with Crippen molar-refractivity contribution in [3.05, 3.63) is 54.1 Å². The SMILES string of the molecule is Cc1ccc(S(=O)(=O)OCCOc2ccccc2OCC(F)(F)F)cc1. The summed E-state index contributed by atoms with van der Waals surface area (Å²) in [5, 5.41) is 0. The lowest BCUT2D eigenvalue weighted by Gasteiger charge is -2.14. The Balaban J connectivity index is 1.89. The first kappa shape index (κ1) is 20.1. The van der Waals surface area contributed by atoms with Gasteiger partial charge in [-0.05, 0) is 31.2 Å². The molecule has 5 nitrogen and oxygen atoms in total. The van der Waals surface area contributed by atoms with Crippen LogP contribution in [-0.2, 0) is 14.3 Å². The van der Waals surface area contributed by atoms with Crippen molar-refractivity contribution in [3.63, 3.8) is 0 Å². The number of ether oxygens (including phenoxy) is 2. The summed E-state index contributed by atoms with van der Waals surface area (Å²) in [6.45, 7) is -0.115. The minimum absolute atomic E-state index is 0.0111. The van der Waals surface area contributed by atoms with E-state index in [1.807, 2.05) is 6.92 Å². The molecule has 0 aromatic heterocycles. The van der Waals surface area contributed by atoms with Crippen LogP contribution in [0.1, 0.15) is 5.56 Å². The third kappa shape index (κ3) is 6.23. The van der Waals surface area contributed by atoms with Gasteiger partial charge in [0.1, 0.15) is 13.2 Å². The number of para-hydroxylation sites is 2. The van der Waals surface area contributed by atoms with Gasteiger partial charge in [-0.2, -0.15) is 21.6 Å². The fourth-order valence-corrected chi connectivity index (χ4v) is 2.81. The summed E-state index contributed by atoms with van der Waals surface area (Å²) in [7, 11) is -3.93. The molecule has 2 rings (SSSR count). The van der Waals surface area contributed by atoms with E-state index in [0.29, 0.717) is 0 Å². The van der Waals surface area contributed by atoms with E-state index >= 15 is 0 Å². The van der Waals surface area contributed by atoms with Crippen molar-refractivity contribution in [3.8, 4) is 11.5 Å². The van der Waals surface area contributed by atoms with Gasteiger partial charge in [0.2, 0.25) is 0 Å². The van der Waals surface area contributed by atoms with Crippen molar-refractivity contribution in [1.82, 2.24) is 0 Å². The minimum Gasteiger partial charge on any atom is -0.487 e. The monoisotopic (exact) mass is 390 g/mol. The van der Waals surface area contributed by atoms with E-state index in [-0.39, 0.29) is 29.6 Å². The first-order chi connectivity index (χ1) is 12.2. The maximum atomic E-state index is 12.2. The lowest BCUT2D eigenvalue weighted by Crippen LogP contribution is -2.19. The Morgan fingerprint density at radius 2 is 1.46 bits per heavy atom. The molecule has 0 unspecified atom stereocenters. The fraction of sp³-hybridized carbons (Fsp3) is 0.294. The molecular weight excluding hydrogens is 373 g/mol. The van der Waals surface area contributed by atoms with Crippen LogP contribution in [0.4, 0.5) is 13.2 Å². The molecule has 0 atom stereocenters. The Morgan fingerprint density at radius 1 is 0.885 bits per heavy atom. The van der Waals surface area contributed by atoms with Gasteiger partial charge in [-0.1, -0.05) is 29.8 Å². The van der Waals surface area contributed by atoms with E-state index in [1.54, 1.807) is 18.2 Å². The summed E-state index contributed by atoms with van der Waals surface area (Å²) in [6.07, 6.45) is -4.47. The highest BCUT2D eigenvalue weighted by Crippen LogP contribution is 2.28. The molecule has 0 bridgehead atoms. The predicted molar refractivity (Wildman–Crippen MR) is 87.8 cm³/mol. The maximum absolute atomic E-state index is 12.2. The highest BCUT2D eigenvalue weighted by molar-refractivity contribution is 7.86. The fourth-order valence-electron chi connectivity index (χ4n) is 1.92. The highest BCUT2D eigenvalue weighted by Gasteiger charge is 2.29. The average Bonchev–Trinajstić information content (AvgIpc) is 2.57. The van der Waals surface area contributed by atoms with Crippen LogP contribution in [0.15, 0.2) is 53.4 Å². The molecule has 0 heterocycles. The van der Waals surface area contributed by atoms with E-state index in [1.165, 1.54) is 30.3 Å². The summed E-state index contributed by atoms with van der Waals surface area (Å²) in [5.74, 6) is -0.0284. The van der Waals surface area contributed by atoms with Gasteiger partial charge in [0.05, 0.1) is 4.90 Å². The second kappa shape index (κ2) is 8.41. The zero-order chi connectivity index (χ0) is 19.2. The normalized spacial score (nSPS) is 12.0. The predicted octanol–water partition coefficient (Wildman–Crippen LogP) is 3.72. The number of hydrogen-bond donors (Lipinski definition) is 0. The molecule has 142 valence electrons. The molecule has 0 fully saturated rings. The number of hydrogen-bond acceptors (Lipinski definition) is 5. The summed E-state index contributed by atoms with van der Waals surface area (Å²) in [5.41, 5.74) is 0.905. The topological polar surface area (TPSA) is 61.8 Å². The standard InChI is InChI=1S/C17H17F3O5S/c1-13-6-8-14(9-7-13)26(21,22)25-11-10-23-15-4-2-3-5-16(15)24-12-17(18,19)20/h2-9H,10-12H2,1H3. The molecule has 0 saturated heterocycles. The van der Waals surface area contributed by atoms with Crippen LogP contribution in [0.2, 0.25) is 0 Å². The van der Waals surface area contributed by atoms with Gasteiger partial charge in [0.15, 0.2) is 18.1 Å². The van der Waals surface area contributed by atoms with Gasteiger partial charge in [-0.15, -0.1) is 0 Å². The van der Waals surface area contributed by atoms with E-state index in [9.17, 15) is 21.6 Å². The lowest BCUT2D eigenvalue weighted by molar-refractivity contribution is -0.153. The van der Waals surface area contributed by atoms with Crippen LogP contribution in [0, 0.1) is 6.92 Å². The largest absolute Gasteiger partial charge is 0.487 e. The molecular formula is C17H17F3O5S. The molecule has 0 radical (unpaired) electrons. The molecule has 2 aromatic rings. The van der Waals surface area contributed by atoms with Gasteiger partial charge < -0.3 is 9.47 Å². The zero-order valence-electron chi connectivity index (χ0n) is 13.8. The molecule has 0 amide bonds. The third-order valence-electron chi connectivity index (χ3n) is 3.13. The van der Waals surface area contributed by atoms with Gasteiger partial charge in [0, 0.05) is 0 Å². The maximum Gasteiger partial charge on any atom is 0.422 e. The van der Waals surface area contributed by atoms with E-state index < -0.39 is 22.9 Å². The molecule has 0 N–H and O–H groups in total. The molecule has 9 heteroatoms. The van der Waals surface area contributed by atoms with Crippen LogP contribution in [-0.4, -0.2) is 34.4 Å². The summed E-state index contributed by atoms with van der Waals surface area (Å²) in [6, 6.07) is 11.9. The van der Waals surface area contributed by atoms with Crippen molar-refractivity contribution in [1.29, 1.82) is 0 Å². The molecule has 0 saturated carbocycles. The first-order valence-electron chi connectivity index (χ1n) is 7.55. The molecule has 0 aliphatic rings. The Kier molecular flexibility index (Phi) is 6.49. The number of rotatable bonds is 8. The highest BCUT2D eigenvalue weighted by atomic mass is 32.2. The molecule has 0 aliphatic carbocycles. The van der Waals surface area contributed by atoms with Gasteiger partial charge >= 0.3 is 6.18 Å². The van der Waals surface area contributed by atoms with Gasteiger partial charge in [0.25, 0.3) is 10.1 Å². The van der Waals surface area contributed by atoms with Crippen molar-refractivity contribution in [2.45, 2.75) is 18.0 Å². The number of benzene rings is 2. The zero-order valence-corrected chi connectivity index (χ0v) is 14.6. The van der Waals surface area contributed by atoms with Crippen LogP contribution in [0.25, 0.3) is 0 Å². The van der Waals surface area contributed by atoms with Crippen LogP contribution < -0.4 is 9.47 Å². The number of aryl methyl sites for hydroxylation is 1. The third-order valence-corrected chi connectivity index (χ3v) is 4.46. The smallest absolute Gasteiger partial charge is 0.422 e. The minimum atomic E-state index is -4.47. The van der Waals surface area contributed by atoms with Crippen LogP contribution in [0.3, 0.4) is 0 Å². The summed E-state index contributed by atoms with van der Waals surface area (Å²) in [4.78, 5) is 0.0111. The average molecular weight is 390 g/mol. The molecule has 0 spiro atoms. The Bertz CT molecular complexity index is 817. The lowest BCUT2D eigenvalue weighted by atomic mass is 10.2. The Labute approximate surface area is 149 Å². The molecule has 0 aliphatic heterocycles. The van der Waals surface area contributed by atoms with Crippen LogP contribution in [0.5, 0.6) is 11.5 Å². The quantitative estimate of drug-likeness (QED) is 0.508. The summed E-state index contributed by atoms with van der Waals surface area (Å²) < 4.78 is 75.5. The van der Waals surface area contributed by atoms with Gasteiger partial charge in [-0.25, -0.2) is 0 Å². The van der Waals surface area contributed by atoms with Crippen molar-refractivity contribution in [2.75, 3.05) is 19.8 Å². The number of alkyl halides is 3. The second-order valence-electron chi connectivity index (χ2n) is 5.29. The Hall–Kier alpha value is -2.26. The number of halogens is 3. The summed E-state index contributed by atoms with van der Waals surface area (Å²) >= 11 is 0. The second-order valence-corrected chi connectivity index (χ2v) is 6.90.